The first kappa shape index (κ1) is 36.3. The van der Waals surface area contributed by atoms with Crippen molar-refractivity contribution in [1.29, 1.82) is 0 Å². The summed E-state index contributed by atoms with van der Waals surface area (Å²) in [6.45, 7) is 0. The molecule has 0 fully saturated rings. The molecular weight excluding hydrogens is 729 g/mol. The molecule has 0 aliphatic heterocycles. The summed E-state index contributed by atoms with van der Waals surface area (Å²) in [5.74, 6) is 0. The quantitative estimate of drug-likeness (QED) is 0.147. The summed E-state index contributed by atoms with van der Waals surface area (Å²) in [4.78, 5) is 0. The first-order valence-electron chi connectivity index (χ1n) is 20.1. The van der Waals surface area contributed by atoms with Crippen molar-refractivity contribution in [2.75, 3.05) is 0 Å². The third-order valence-corrected chi connectivity index (χ3v) is 11.0. The van der Waals surface area contributed by atoms with Crippen LogP contribution in [0.2, 0.25) is 0 Å². The molecule has 2 heterocycles. The van der Waals surface area contributed by atoms with Crippen LogP contribution in [0.3, 0.4) is 0 Å². The lowest BCUT2D eigenvalue weighted by Gasteiger charge is -2.16. The van der Waals surface area contributed by atoms with Crippen LogP contribution in [0.5, 0.6) is 0 Å². The molecule has 10 aromatic rings. The van der Waals surface area contributed by atoms with Crippen LogP contribution < -0.4 is 0 Å². The Morgan fingerprint density at radius 3 is 0.800 bits per heavy atom. The van der Waals surface area contributed by atoms with Crippen LogP contribution in [0, 0.1) is 0 Å². The molecule has 0 radical (unpaired) electrons. The van der Waals surface area contributed by atoms with Crippen molar-refractivity contribution in [3.63, 3.8) is 0 Å². The Labute approximate surface area is 350 Å². The second-order valence-corrected chi connectivity index (χ2v) is 14.7. The lowest BCUT2D eigenvalue weighted by atomic mass is 9.88. The summed E-state index contributed by atoms with van der Waals surface area (Å²) in [6, 6.07) is 80.2. The van der Waals surface area contributed by atoms with Gasteiger partial charge in [-0.3, -0.25) is 0 Å². The zero-order valence-corrected chi connectivity index (χ0v) is 32.7. The average molecular weight is 767 g/mol. The lowest BCUT2D eigenvalue weighted by Crippen LogP contribution is -1.94. The third kappa shape index (κ3) is 7.30. The highest BCUT2D eigenvalue weighted by atomic mass is 15.1. The molecule has 0 saturated heterocycles. The van der Waals surface area contributed by atoms with Crippen LogP contribution in [-0.4, -0.2) is 20.4 Å². The minimum absolute atomic E-state index is 0.823. The van der Waals surface area contributed by atoms with Crippen LogP contribution in [0.25, 0.3) is 101 Å². The van der Waals surface area contributed by atoms with Crippen LogP contribution in [-0.2, 0) is 0 Å². The van der Waals surface area contributed by atoms with Gasteiger partial charge in [-0.15, -0.1) is 20.4 Å². The molecule has 2 aromatic heterocycles. The Kier molecular flexibility index (Phi) is 9.92. The highest BCUT2D eigenvalue weighted by molar-refractivity contribution is 5.93. The lowest BCUT2D eigenvalue weighted by molar-refractivity contribution is 1.04. The van der Waals surface area contributed by atoms with Gasteiger partial charge in [0.1, 0.15) is 0 Å². The van der Waals surface area contributed by atoms with E-state index in [4.69, 9.17) is 20.4 Å². The highest BCUT2D eigenvalue weighted by Gasteiger charge is 2.16. The van der Waals surface area contributed by atoms with Crippen molar-refractivity contribution >= 4 is 0 Å². The number of nitrogens with zero attached hydrogens (tertiary/aromatic N) is 4. The molecule has 0 unspecified atom stereocenters. The first-order chi connectivity index (χ1) is 29.8. The fourth-order valence-electron chi connectivity index (χ4n) is 8.04. The summed E-state index contributed by atoms with van der Waals surface area (Å²) in [7, 11) is 0. The molecule has 0 amide bonds. The molecule has 60 heavy (non-hydrogen) atoms. The van der Waals surface area contributed by atoms with Crippen molar-refractivity contribution in [3.8, 4) is 101 Å². The first-order valence-corrected chi connectivity index (χ1v) is 20.1. The smallest absolute Gasteiger partial charge is 0.0936 e. The van der Waals surface area contributed by atoms with Gasteiger partial charge in [-0.25, -0.2) is 0 Å². The van der Waals surface area contributed by atoms with Gasteiger partial charge in [0.25, 0.3) is 0 Å². The normalized spacial score (nSPS) is 11.0. The topological polar surface area (TPSA) is 51.6 Å². The summed E-state index contributed by atoms with van der Waals surface area (Å²) in [5, 5.41) is 18.9. The molecular formula is C56H38N4. The van der Waals surface area contributed by atoms with E-state index < -0.39 is 0 Å². The standard InChI is InChI=1S/C56H38N4/c1-3-17-39(18-4-1)45-25-9-13-31-51(45)55-35-33-53(57-59-55)43-23-15-21-41(37-43)47-27-7-11-29-49(47)50-30-12-8-28-48(50)42-22-16-24-44(38-42)54-34-36-56(60-58-54)52-32-14-10-26-46(52)40-19-5-2-6-20-40/h1-38H. The summed E-state index contributed by atoms with van der Waals surface area (Å²) in [6.07, 6.45) is 0. The van der Waals surface area contributed by atoms with E-state index in [9.17, 15) is 0 Å². The van der Waals surface area contributed by atoms with E-state index in [1.807, 2.05) is 24.3 Å². The number of hydrogen-bond donors (Lipinski definition) is 0. The van der Waals surface area contributed by atoms with Gasteiger partial charge in [0.05, 0.1) is 22.8 Å². The predicted octanol–water partition coefficient (Wildman–Crippen LogP) is 14.3. The third-order valence-electron chi connectivity index (χ3n) is 11.0. The number of aromatic nitrogens is 4. The molecule has 10 rings (SSSR count). The van der Waals surface area contributed by atoms with E-state index >= 15 is 0 Å². The molecule has 0 N–H and O–H groups in total. The van der Waals surface area contributed by atoms with Gasteiger partial charge in [-0.05, 0) is 92.0 Å². The maximum Gasteiger partial charge on any atom is 0.0936 e. The number of benzene rings is 8. The van der Waals surface area contributed by atoms with Crippen molar-refractivity contribution in [2.45, 2.75) is 0 Å². The van der Waals surface area contributed by atoms with E-state index in [1.54, 1.807) is 0 Å². The second kappa shape index (κ2) is 16.4. The molecule has 0 aliphatic carbocycles. The molecule has 4 heteroatoms. The highest BCUT2D eigenvalue weighted by Crippen LogP contribution is 2.40. The number of hydrogen-bond acceptors (Lipinski definition) is 4. The number of rotatable bonds is 9. The van der Waals surface area contributed by atoms with Gasteiger partial charge < -0.3 is 0 Å². The van der Waals surface area contributed by atoms with Gasteiger partial charge in [0.15, 0.2) is 0 Å². The van der Waals surface area contributed by atoms with E-state index in [2.05, 4.69) is 206 Å². The van der Waals surface area contributed by atoms with E-state index in [-0.39, 0.29) is 0 Å². The minimum Gasteiger partial charge on any atom is -0.150 e. The predicted molar refractivity (Wildman–Crippen MR) is 247 cm³/mol. The summed E-state index contributed by atoms with van der Waals surface area (Å²) >= 11 is 0. The fraction of sp³-hybridized carbons (Fsp3) is 0. The SMILES string of the molecule is c1ccc(-c2ccccc2-c2ccc(-c3cccc(-c4ccccc4-c4ccccc4-c4cccc(-c5ccc(-c6ccccc6-c6ccccc6)nn5)c4)c3)nn2)cc1. The Bertz CT molecular complexity index is 2860. The molecule has 8 aromatic carbocycles. The maximum absolute atomic E-state index is 4.74. The molecule has 0 saturated carbocycles. The van der Waals surface area contributed by atoms with Gasteiger partial charge >= 0.3 is 0 Å². The molecule has 282 valence electrons. The van der Waals surface area contributed by atoms with Gasteiger partial charge in [-0.2, -0.15) is 0 Å². The van der Waals surface area contributed by atoms with Crippen molar-refractivity contribution < 1.29 is 0 Å². The minimum atomic E-state index is 0.823. The Balaban J connectivity index is 0.948. The maximum atomic E-state index is 4.74. The van der Waals surface area contributed by atoms with Crippen molar-refractivity contribution in [3.05, 3.63) is 231 Å². The van der Waals surface area contributed by atoms with Crippen LogP contribution in [0.1, 0.15) is 0 Å². The van der Waals surface area contributed by atoms with Crippen molar-refractivity contribution in [2.24, 2.45) is 0 Å². The fourth-order valence-corrected chi connectivity index (χ4v) is 8.04. The Morgan fingerprint density at radius 2 is 0.433 bits per heavy atom. The average Bonchev–Trinajstić information content (AvgIpc) is 3.35. The van der Waals surface area contributed by atoms with Gasteiger partial charge in [0, 0.05) is 22.3 Å². The van der Waals surface area contributed by atoms with Gasteiger partial charge in [0.2, 0.25) is 0 Å². The zero-order valence-electron chi connectivity index (χ0n) is 32.7. The largest absolute Gasteiger partial charge is 0.150 e. The molecule has 0 bridgehead atoms. The van der Waals surface area contributed by atoms with Crippen LogP contribution in [0.4, 0.5) is 0 Å². The van der Waals surface area contributed by atoms with Crippen LogP contribution >= 0.6 is 0 Å². The summed E-state index contributed by atoms with van der Waals surface area (Å²) in [5.41, 5.74) is 18.8. The molecule has 0 spiro atoms. The Morgan fingerprint density at radius 1 is 0.167 bits per heavy atom. The van der Waals surface area contributed by atoms with E-state index in [0.717, 1.165) is 101 Å². The zero-order chi connectivity index (χ0) is 40.1. The molecule has 0 atom stereocenters. The van der Waals surface area contributed by atoms with E-state index in [0.29, 0.717) is 0 Å². The summed E-state index contributed by atoms with van der Waals surface area (Å²) < 4.78 is 0. The molecule has 4 nitrogen and oxygen atoms in total. The van der Waals surface area contributed by atoms with Crippen molar-refractivity contribution in [1.82, 2.24) is 20.4 Å². The van der Waals surface area contributed by atoms with E-state index in [1.165, 1.54) is 0 Å². The molecule has 0 aliphatic rings. The monoisotopic (exact) mass is 766 g/mol. The second-order valence-electron chi connectivity index (χ2n) is 14.7. The van der Waals surface area contributed by atoms with Gasteiger partial charge in [-0.1, -0.05) is 194 Å². The van der Waals surface area contributed by atoms with Crippen LogP contribution in [0.15, 0.2) is 231 Å². The Hall–Kier alpha value is -8.08.